The molecule has 5 aliphatic heterocycles. The maximum Gasteiger partial charge on any atom is 0.179 e. The Morgan fingerprint density at radius 1 is 1.07 bits per heavy atom. The first-order chi connectivity index (χ1) is 19.5. The molecule has 2 N–H and O–H groups in total. The molecule has 7 heterocycles. The summed E-state index contributed by atoms with van der Waals surface area (Å²) in [6.07, 6.45) is 7.50. The highest BCUT2D eigenvalue weighted by Gasteiger charge is 2.45. The summed E-state index contributed by atoms with van der Waals surface area (Å²) in [6.45, 7) is 3.91. The van der Waals surface area contributed by atoms with Crippen LogP contribution < -0.4 is 10.2 Å². The minimum absolute atomic E-state index is 0.00799. The molecule has 8 nitrogen and oxygen atoms in total. The Balaban J connectivity index is 1.33. The second kappa shape index (κ2) is 9.19. The predicted molar refractivity (Wildman–Crippen MR) is 153 cm³/mol. The van der Waals surface area contributed by atoms with E-state index in [2.05, 4.69) is 25.3 Å². The van der Waals surface area contributed by atoms with Crippen LogP contribution >= 0.6 is 11.6 Å². The smallest absolute Gasteiger partial charge is 0.179 e. The molecule has 9 rings (SSSR count). The molecule has 2 atom stereocenters. The van der Waals surface area contributed by atoms with Crippen LogP contribution in [0.25, 0.3) is 33.1 Å². The second-order valence-electron chi connectivity index (χ2n) is 11.9. The average molecular weight is 560 g/mol. The molecule has 0 aliphatic carbocycles. The number of hydrogen-bond donors (Lipinski definition) is 2. The van der Waals surface area contributed by atoms with Crippen LogP contribution in [-0.4, -0.2) is 74.0 Å². The lowest BCUT2D eigenvalue weighted by Gasteiger charge is -2.46. The molecule has 5 aliphatic rings. The van der Waals surface area contributed by atoms with Crippen molar-refractivity contribution < 1.29 is 9.50 Å². The number of nitrogens with one attached hydrogen (secondary N) is 1. The van der Waals surface area contributed by atoms with E-state index in [-0.39, 0.29) is 28.5 Å². The molecule has 206 valence electrons. The summed E-state index contributed by atoms with van der Waals surface area (Å²) in [6, 6.07) is 9.17. The van der Waals surface area contributed by atoms with Gasteiger partial charge in [-0.15, -0.1) is 10.2 Å². The van der Waals surface area contributed by atoms with E-state index in [0.717, 1.165) is 51.9 Å². The minimum Gasteiger partial charge on any atom is -0.508 e. The van der Waals surface area contributed by atoms with Gasteiger partial charge in [-0.1, -0.05) is 23.7 Å². The van der Waals surface area contributed by atoms with Crippen molar-refractivity contribution in [3.63, 3.8) is 0 Å². The van der Waals surface area contributed by atoms with Crippen molar-refractivity contribution in [3.05, 3.63) is 47.0 Å². The van der Waals surface area contributed by atoms with Gasteiger partial charge in [-0.2, -0.15) is 0 Å². The van der Waals surface area contributed by atoms with Gasteiger partial charge in [0.1, 0.15) is 22.8 Å². The molecule has 5 fully saturated rings. The van der Waals surface area contributed by atoms with E-state index in [1.165, 1.54) is 18.9 Å². The van der Waals surface area contributed by atoms with Gasteiger partial charge < -0.3 is 15.3 Å². The molecular formula is C30H31ClFN7O. The van der Waals surface area contributed by atoms with Crippen LogP contribution in [0, 0.1) is 5.82 Å². The van der Waals surface area contributed by atoms with Crippen LogP contribution in [0.15, 0.2) is 30.3 Å². The predicted octanol–water partition coefficient (Wildman–Crippen LogP) is 4.85. The standard InChI is InChI=1S/C30H31ClFN7O/c31-22-5-1-4-17-12-20(40)13-21(24(17)22)26-25(32)27-28(37-36-26)29(39-16-18-6-7-19(39)15-33-18)35-23(34-27)14-30-8-2-10-38(30)11-3-9-30/h1,4-5,12-13,18-19,33,40H,2-3,6-11,14-16H2/t18-,19-/m1/s1. The number of nitrogens with zero attached hydrogens (tertiary/aromatic N) is 6. The number of halogens is 2. The quantitative estimate of drug-likeness (QED) is 0.367. The van der Waals surface area contributed by atoms with Crippen LogP contribution in [0.4, 0.5) is 10.2 Å². The maximum atomic E-state index is 16.7. The maximum absolute atomic E-state index is 16.7. The van der Waals surface area contributed by atoms with Crippen molar-refractivity contribution in [2.75, 3.05) is 31.1 Å². The monoisotopic (exact) mass is 559 g/mol. The summed E-state index contributed by atoms with van der Waals surface area (Å²) in [7, 11) is 0. The number of anilines is 1. The molecule has 0 amide bonds. The van der Waals surface area contributed by atoms with Gasteiger partial charge in [0.15, 0.2) is 17.2 Å². The van der Waals surface area contributed by atoms with E-state index in [4.69, 9.17) is 21.6 Å². The van der Waals surface area contributed by atoms with Gasteiger partial charge in [0.05, 0.1) is 0 Å². The molecule has 2 aromatic heterocycles. The number of aromatic hydroxyl groups is 1. The van der Waals surface area contributed by atoms with E-state index >= 15 is 4.39 Å². The third-order valence-corrected chi connectivity index (χ3v) is 9.98. The molecule has 2 bridgehead atoms. The van der Waals surface area contributed by atoms with Crippen molar-refractivity contribution in [2.45, 2.75) is 62.6 Å². The lowest BCUT2D eigenvalue weighted by Crippen LogP contribution is -2.61. The SMILES string of the molecule is Oc1cc(-c2nnc3c(N4C[C@H]5CC[C@@H]4CN5)nc(CC45CCCN4CCC5)nc3c2F)c2c(Cl)cccc2c1. The van der Waals surface area contributed by atoms with Crippen molar-refractivity contribution in [3.8, 4) is 17.0 Å². The van der Waals surface area contributed by atoms with E-state index in [0.29, 0.717) is 51.0 Å². The number of aromatic nitrogens is 4. The van der Waals surface area contributed by atoms with E-state index in [1.807, 2.05) is 6.07 Å². The Kier molecular flexibility index (Phi) is 5.66. The topological polar surface area (TPSA) is 90.3 Å². The number of phenolic OH excluding ortho intramolecular Hbond substituents is 1. The first-order valence-electron chi connectivity index (χ1n) is 14.4. The van der Waals surface area contributed by atoms with Gasteiger partial charge in [0.25, 0.3) is 0 Å². The number of fused-ring (bicyclic) bond motifs is 6. The van der Waals surface area contributed by atoms with Gasteiger partial charge >= 0.3 is 0 Å². The summed E-state index contributed by atoms with van der Waals surface area (Å²) >= 11 is 6.57. The molecular weight excluding hydrogens is 529 g/mol. The number of piperazine rings is 1. The van der Waals surface area contributed by atoms with Crippen molar-refractivity contribution in [1.82, 2.24) is 30.4 Å². The first-order valence-corrected chi connectivity index (χ1v) is 14.8. The molecule has 10 heteroatoms. The summed E-state index contributed by atoms with van der Waals surface area (Å²) < 4.78 is 16.7. The molecule has 0 unspecified atom stereocenters. The van der Waals surface area contributed by atoms with Crippen LogP contribution in [0.5, 0.6) is 5.75 Å². The molecule has 0 saturated carbocycles. The number of phenols is 1. The summed E-state index contributed by atoms with van der Waals surface area (Å²) in [4.78, 5) is 14.9. The third kappa shape index (κ3) is 3.78. The largest absolute Gasteiger partial charge is 0.508 e. The number of benzene rings is 2. The molecule has 2 aromatic carbocycles. The fourth-order valence-corrected chi connectivity index (χ4v) is 8.05. The Labute approximate surface area is 236 Å². The zero-order chi connectivity index (χ0) is 27.0. The lowest BCUT2D eigenvalue weighted by atomic mass is 9.90. The van der Waals surface area contributed by atoms with Crippen LogP contribution in [0.3, 0.4) is 0 Å². The number of piperidine rings is 2. The molecule has 5 saturated heterocycles. The zero-order valence-corrected chi connectivity index (χ0v) is 23.0. The lowest BCUT2D eigenvalue weighted by molar-refractivity contribution is 0.191. The highest BCUT2D eigenvalue weighted by molar-refractivity contribution is 6.36. The van der Waals surface area contributed by atoms with Gasteiger partial charge in [-0.3, -0.25) is 4.90 Å². The molecule has 4 aromatic rings. The van der Waals surface area contributed by atoms with E-state index in [1.54, 1.807) is 18.2 Å². The Bertz CT molecular complexity index is 1650. The van der Waals surface area contributed by atoms with Crippen molar-refractivity contribution >= 4 is 39.2 Å². The van der Waals surface area contributed by atoms with Crippen molar-refractivity contribution in [1.29, 1.82) is 0 Å². The Morgan fingerprint density at radius 3 is 2.67 bits per heavy atom. The van der Waals surface area contributed by atoms with Crippen LogP contribution in [0.1, 0.15) is 44.3 Å². The van der Waals surface area contributed by atoms with Gasteiger partial charge in [-0.05, 0) is 75.2 Å². The summed E-state index contributed by atoms with van der Waals surface area (Å²) in [5.41, 5.74) is 1.05. The normalized spacial score (nSPS) is 23.9. The fraction of sp³-hybridized carbons (Fsp3) is 0.467. The van der Waals surface area contributed by atoms with Crippen molar-refractivity contribution in [2.24, 2.45) is 0 Å². The average Bonchev–Trinajstić information content (AvgIpc) is 3.53. The van der Waals surface area contributed by atoms with Crippen LogP contribution in [-0.2, 0) is 6.42 Å². The number of rotatable bonds is 4. The highest BCUT2D eigenvalue weighted by Crippen LogP contribution is 2.43. The zero-order valence-electron chi connectivity index (χ0n) is 22.2. The van der Waals surface area contributed by atoms with Crippen LogP contribution in [0.2, 0.25) is 5.02 Å². The highest BCUT2D eigenvalue weighted by atomic mass is 35.5. The fourth-order valence-electron chi connectivity index (χ4n) is 7.77. The Morgan fingerprint density at radius 2 is 1.93 bits per heavy atom. The minimum atomic E-state index is -0.561. The third-order valence-electron chi connectivity index (χ3n) is 9.66. The van der Waals surface area contributed by atoms with Gasteiger partial charge in [0, 0.05) is 53.1 Å². The van der Waals surface area contributed by atoms with E-state index < -0.39 is 5.82 Å². The molecule has 0 spiro atoms. The number of hydrogen-bond acceptors (Lipinski definition) is 8. The van der Waals surface area contributed by atoms with Gasteiger partial charge in [-0.25, -0.2) is 14.4 Å². The summed E-state index contributed by atoms with van der Waals surface area (Å²) in [5, 5.41) is 24.8. The second-order valence-corrected chi connectivity index (χ2v) is 12.3. The first kappa shape index (κ1) is 24.6. The molecule has 0 radical (unpaired) electrons. The summed E-state index contributed by atoms with van der Waals surface area (Å²) in [5.74, 6) is 0.803. The van der Waals surface area contributed by atoms with Gasteiger partial charge in [0.2, 0.25) is 0 Å². The molecule has 40 heavy (non-hydrogen) atoms. The van der Waals surface area contributed by atoms with E-state index in [9.17, 15) is 5.11 Å². The Hall–Kier alpha value is -3.14.